The minimum absolute atomic E-state index is 0.0911. The summed E-state index contributed by atoms with van der Waals surface area (Å²) < 4.78 is 11.3. The van der Waals surface area contributed by atoms with Gasteiger partial charge in [-0.1, -0.05) is 0 Å². The first-order chi connectivity index (χ1) is 9.81. The number of aromatic nitrogens is 1. The summed E-state index contributed by atoms with van der Waals surface area (Å²) in [6.45, 7) is 6.07. The molecule has 2 aromatic rings. The van der Waals surface area contributed by atoms with E-state index in [2.05, 4.69) is 10.3 Å². The number of carbonyl (C=O) groups is 1. The Labute approximate surface area is 130 Å². The van der Waals surface area contributed by atoms with Gasteiger partial charge < -0.3 is 11.1 Å². The van der Waals surface area contributed by atoms with Gasteiger partial charge in [-0.2, -0.15) is 0 Å². The molecule has 0 aliphatic rings. The van der Waals surface area contributed by atoms with Crippen LogP contribution in [0.4, 0.5) is 5.69 Å². The number of nitrogen functional groups attached to an aromatic ring is 1. The molecule has 0 radical (unpaired) electrons. The standard InChI is InChI=1S/C14H19N3O2S2/c1-7-5-8(2)17-14-10(7)11(15)12(20-14)13(18)16-6-9(3)21(4)19/h5,9H,6,15H2,1-4H3,(H,16,18). The second-order valence-corrected chi connectivity index (χ2v) is 7.93. The summed E-state index contributed by atoms with van der Waals surface area (Å²) in [5.74, 6) is -0.232. The van der Waals surface area contributed by atoms with Crippen LogP contribution in [-0.2, 0) is 10.8 Å². The first kappa shape index (κ1) is 15.9. The first-order valence-electron chi connectivity index (χ1n) is 6.58. The van der Waals surface area contributed by atoms with E-state index in [1.807, 2.05) is 26.8 Å². The highest BCUT2D eigenvalue weighted by molar-refractivity contribution is 7.84. The molecule has 2 atom stereocenters. The van der Waals surface area contributed by atoms with Gasteiger partial charge in [0.05, 0.1) is 5.69 Å². The molecule has 2 rings (SSSR count). The smallest absolute Gasteiger partial charge is 0.263 e. The lowest BCUT2D eigenvalue weighted by molar-refractivity contribution is 0.0959. The number of nitrogens with two attached hydrogens (primary N) is 1. The van der Waals surface area contributed by atoms with Crippen molar-refractivity contribution in [2.45, 2.75) is 26.0 Å². The zero-order valence-electron chi connectivity index (χ0n) is 12.5. The van der Waals surface area contributed by atoms with Crippen LogP contribution in [0.3, 0.4) is 0 Å². The molecule has 1 amide bonds. The zero-order valence-corrected chi connectivity index (χ0v) is 14.2. The number of thiophene rings is 1. The van der Waals surface area contributed by atoms with Crippen molar-refractivity contribution in [2.75, 3.05) is 18.5 Å². The Balaban J connectivity index is 2.30. The van der Waals surface area contributed by atoms with Crippen LogP contribution in [-0.4, -0.2) is 33.2 Å². The van der Waals surface area contributed by atoms with Gasteiger partial charge >= 0.3 is 0 Å². The van der Waals surface area contributed by atoms with Crippen molar-refractivity contribution < 1.29 is 9.00 Å². The molecule has 0 saturated carbocycles. The quantitative estimate of drug-likeness (QED) is 0.900. The normalized spacial score (nSPS) is 14.1. The lowest BCUT2D eigenvalue weighted by Crippen LogP contribution is -2.32. The molecule has 5 nitrogen and oxygen atoms in total. The van der Waals surface area contributed by atoms with Crippen LogP contribution in [0.15, 0.2) is 6.07 Å². The predicted octanol–water partition coefficient (Wildman–Crippen LogP) is 1.99. The van der Waals surface area contributed by atoms with Crippen molar-refractivity contribution in [1.29, 1.82) is 0 Å². The van der Waals surface area contributed by atoms with Crippen LogP contribution in [0.5, 0.6) is 0 Å². The molecule has 2 aromatic heterocycles. The number of carbonyl (C=O) groups excluding carboxylic acids is 1. The third kappa shape index (κ3) is 3.24. The lowest BCUT2D eigenvalue weighted by atomic mass is 10.1. The van der Waals surface area contributed by atoms with Crippen molar-refractivity contribution in [3.63, 3.8) is 0 Å². The molecular weight excluding hydrogens is 306 g/mol. The maximum atomic E-state index is 12.3. The fraction of sp³-hybridized carbons (Fsp3) is 0.429. The van der Waals surface area contributed by atoms with E-state index in [1.54, 1.807) is 6.26 Å². The second kappa shape index (κ2) is 6.11. The summed E-state index contributed by atoms with van der Waals surface area (Å²) in [4.78, 5) is 17.9. The van der Waals surface area contributed by atoms with E-state index < -0.39 is 10.8 Å². The van der Waals surface area contributed by atoms with Gasteiger partial charge in [0, 0.05) is 39.9 Å². The van der Waals surface area contributed by atoms with Gasteiger partial charge in [-0.15, -0.1) is 11.3 Å². The van der Waals surface area contributed by atoms with E-state index >= 15 is 0 Å². The van der Waals surface area contributed by atoms with Crippen LogP contribution in [0, 0.1) is 13.8 Å². The summed E-state index contributed by atoms with van der Waals surface area (Å²) >= 11 is 1.30. The highest BCUT2D eigenvalue weighted by Gasteiger charge is 2.19. The summed E-state index contributed by atoms with van der Waals surface area (Å²) in [6.07, 6.45) is 1.63. The highest BCUT2D eigenvalue weighted by atomic mass is 32.2. The third-order valence-corrected chi connectivity index (χ3v) is 5.75. The SMILES string of the molecule is Cc1cc(C)c2c(N)c(C(=O)NCC(C)S(C)=O)sc2n1. The van der Waals surface area contributed by atoms with E-state index in [4.69, 9.17) is 5.73 Å². The van der Waals surface area contributed by atoms with Gasteiger partial charge in [-0.25, -0.2) is 4.98 Å². The van der Waals surface area contributed by atoms with Crippen LogP contribution in [0.1, 0.15) is 27.9 Å². The van der Waals surface area contributed by atoms with Gasteiger partial charge in [-0.3, -0.25) is 9.00 Å². The summed E-state index contributed by atoms with van der Waals surface area (Å²) in [7, 11) is -0.965. The Morgan fingerprint density at radius 3 is 2.81 bits per heavy atom. The molecule has 3 N–H and O–H groups in total. The van der Waals surface area contributed by atoms with E-state index in [1.165, 1.54) is 11.3 Å². The number of nitrogens with zero attached hydrogens (tertiary/aromatic N) is 1. The van der Waals surface area contributed by atoms with Crippen LogP contribution in [0.2, 0.25) is 0 Å². The number of anilines is 1. The molecule has 0 aliphatic heterocycles. The number of aryl methyl sites for hydroxylation is 2. The Hall–Kier alpha value is -1.47. The maximum absolute atomic E-state index is 12.3. The molecule has 0 spiro atoms. The summed E-state index contributed by atoms with van der Waals surface area (Å²) in [5.41, 5.74) is 8.51. The van der Waals surface area contributed by atoms with Gasteiger partial charge in [-0.05, 0) is 32.4 Å². The largest absolute Gasteiger partial charge is 0.397 e. The molecular formula is C14H19N3O2S2. The molecule has 2 heterocycles. The topological polar surface area (TPSA) is 85.1 Å². The predicted molar refractivity (Wildman–Crippen MR) is 89.4 cm³/mol. The van der Waals surface area contributed by atoms with E-state index in [0.29, 0.717) is 17.1 Å². The Morgan fingerprint density at radius 1 is 1.52 bits per heavy atom. The average molecular weight is 325 g/mol. The molecule has 0 aliphatic carbocycles. The van der Waals surface area contributed by atoms with E-state index in [9.17, 15) is 9.00 Å². The van der Waals surface area contributed by atoms with E-state index in [-0.39, 0.29) is 11.2 Å². The van der Waals surface area contributed by atoms with Crippen molar-refractivity contribution in [2.24, 2.45) is 0 Å². The van der Waals surface area contributed by atoms with Gasteiger partial charge in [0.15, 0.2) is 0 Å². The fourth-order valence-electron chi connectivity index (χ4n) is 2.07. The summed E-state index contributed by atoms with van der Waals surface area (Å²) in [5, 5.41) is 3.55. The molecule has 114 valence electrons. The molecule has 2 unspecified atom stereocenters. The first-order valence-corrected chi connectivity index (χ1v) is 9.01. The molecule has 0 bridgehead atoms. The number of pyridine rings is 1. The zero-order chi connectivity index (χ0) is 15.7. The van der Waals surface area contributed by atoms with Crippen molar-refractivity contribution >= 4 is 43.9 Å². The van der Waals surface area contributed by atoms with Gasteiger partial charge in [0.1, 0.15) is 9.71 Å². The Kier molecular flexibility index (Phi) is 4.63. The van der Waals surface area contributed by atoms with Crippen LogP contribution >= 0.6 is 11.3 Å². The third-order valence-electron chi connectivity index (χ3n) is 3.35. The minimum atomic E-state index is -0.965. The number of fused-ring (bicyclic) bond motifs is 1. The number of amides is 1. The number of nitrogens with one attached hydrogen (secondary N) is 1. The van der Waals surface area contributed by atoms with Crippen LogP contribution < -0.4 is 11.1 Å². The minimum Gasteiger partial charge on any atom is -0.397 e. The fourth-order valence-corrected chi connectivity index (χ4v) is 3.52. The average Bonchev–Trinajstić information content (AvgIpc) is 2.72. The van der Waals surface area contributed by atoms with Crippen molar-refractivity contribution in [3.8, 4) is 0 Å². The Morgan fingerprint density at radius 2 is 2.19 bits per heavy atom. The van der Waals surface area contributed by atoms with Gasteiger partial charge in [0.2, 0.25) is 0 Å². The van der Waals surface area contributed by atoms with Crippen molar-refractivity contribution in [1.82, 2.24) is 10.3 Å². The maximum Gasteiger partial charge on any atom is 0.263 e. The molecule has 0 saturated heterocycles. The molecule has 0 aromatic carbocycles. The molecule has 7 heteroatoms. The van der Waals surface area contributed by atoms with Gasteiger partial charge in [0.25, 0.3) is 5.91 Å². The monoisotopic (exact) mass is 325 g/mol. The van der Waals surface area contributed by atoms with E-state index in [0.717, 1.165) is 21.5 Å². The number of hydrogen-bond donors (Lipinski definition) is 2. The van der Waals surface area contributed by atoms with Crippen LogP contribution in [0.25, 0.3) is 10.2 Å². The number of hydrogen-bond acceptors (Lipinski definition) is 5. The summed E-state index contributed by atoms with van der Waals surface area (Å²) in [6, 6.07) is 1.95. The lowest BCUT2D eigenvalue weighted by Gasteiger charge is -2.09. The second-order valence-electron chi connectivity index (χ2n) is 5.12. The highest BCUT2D eigenvalue weighted by Crippen LogP contribution is 2.34. The molecule has 0 fully saturated rings. The molecule has 21 heavy (non-hydrogen) atoms. The number of rotatable bonds is 4. The van der Waals surface area contributed by atoms with Crippen molar-refractivity contribution in [3.05, 3.63) is 22.2 Å². The Bertz CT molecular complexity index is 725.